The van der Waals surface area contributed by atoms with Crippen molar-refractivity contribution in [1.82, 2.24) is 22.9 Å². The van der Waals surface area contributed by atoms with Crippen molar-refractivity contribution in [3.63, 3.8) is 0 Å². The molecule has 0 saturated carbocycles. The van der Waals surface area contributed by atoms with Crippen LogP contribution < -0.4 is 5.73 Å². The molecule has 0 atom stereocenters. The predicted octanol–water partition coefficient (Wildman–Crippen LogP) is 10.00. The summed E-state index contributed by atoms with van der Waals surface area (Å²) in [7, 11) is -7.76. The second-order valence-electron chi connectivity index (χ2n) is 11.3. The Labute approximate surface area is 366 Å². The maximum absolute atomic E-state index is 13.1. The van der Waals surface area contributed by atoms with E-state index in [9.17, 15) is 48.0 Å². The van der Waals surface area contributed by atoms with Gasteiger partial charge in [0.05, 0.1) is 15.1 Å². The van der Waals surface area contributed by atoms with E-state index in [1.54, 1.807) is 48.5 Å². The van der Waals surface area contributed by atoms with Crippen LogP contribution in [0.5, 0.6) is 0 Å². The summed E-state index contributed by atoms with van der Waals surface area (Å²) in [6, 6.07) is 19.2. The number of carbonyl (C=O) groups is 1. The molecule has 0 aliphatic carbocycles. The molecule has 2 N–H and O–H groups in total. The zero-order valence-corrected chi connectivity index (χ0v) is 36.4. The van der Waals surface area contributed by atoms with E-state index in [2.05, 4.69) is 62.7 Å². The fourth-order valence-corrected chi connectivity index (χ4v) is 9.54. The first-order valence-electron chi connectivity index (χ1n) is 15.5. The van der Waals surface area contributed by atoms with Gasteiger partial charge in [0.25, 0.3) is 20.0 Å². The van der Waals surface area contributed by atoms with Crippen LogP contribution in [-0.2, 0) is 31.0 Å². The van der Waals surface area contributed by atoms with E-state index < -0.39 is 49.2 Å². The van der Waals surface area contributed by atoms with E-state index in [1.807, 2.05) is 0 Å². The van der Waals surface area contributed by atoms with Crippen LogP contribution in [0.15, 0.2) is 122 Å². The summed E-state index contributed by atoms with van der Waals surface area (Å²) < 4.78 is 127. The highest BCUT2D eigenvalue weighted by molar-refractivity contribution is 9.10. The summed E-state index contributed by atoms with van der Waals surface area (Å²) in [4.78, 5) is 22.0. The number of nitrogens with zero attached hydrogens (tertiary/aromatic N) is 5. The average Bonchev–Trinajstić information content (AvgIpc) is 3.92. The van der Waals surface area contributed by atoms with E-state index in [-0.39, 0.29) is 44.1 Å². The largest absolute Gasteiger partial charge is 0.450 e. The molecule has 0 unspecified atom stereocenters. The number of Topliss-reactive ketones (excluding diaryl/α,β-unsaturated/α-hetero) is 1. The molecule has 5 aromatic heterocycles. The number of aromatic nitrogens is 5. The quantitative estimate of drug-likeness (QED) is 0.0925. The van der Waals surface area contributed by atoms with Crippen LogP contribution in [0.25, 0.3) is 32.6 Å². The molecule has 5 heterocycles. The molecule has 7 rings (SSSR count). The van der Waals surface area contributed by atoms with E-state index in [0.717, 1.165) is 24.7 Å². The number of rotatable bonds is 7. The summed E-state index contributed by atoms with van der Waals surface area (Å²) in [6.45, 7) is 0. The third-order valence-electron chi connectivity index (χ3n) is 7.49. The van der Waals surface area contributed by atoms with Gasteiger partial charge < -0.3 is 5.73 Å². The normalized spacial score (nSPS) is 11.9. The predicted molar refractivity (Wildman–Crippen MR) is 227 cm³/mol. The number of thiazole rings is 1. The van der Waals surface area contributed by atoms with Crippen LogP contribution in [0.1, 0.15) is 18.7 Å². The molecule has 2 aromatic carbocycles. The van der Waals surface area contributed by atoms with Gasteiger partial charge in [0.2, 0.25) is 5.78 Å². The number of halogens is 9. The molecular weight excluding hydrogens is 1070 g/mol. The van der Waals surface area contributed by atoms with Gasteiger partial charge in [-0.25, -0.2) is 39.7 Å². The Morgan fingerprint density at radius 2 is 1.24 bits per heavy atom. The zero-order valence-electron chi connectivity index (χ0n) is 28.4. The molecule has 11 nitrogen and oxygen atoms in total. The molecule has 0 bridgehead atoms. The lowest BCUT2D eigenvalue weighted by molar-refractivity contribution is -0.167. The Hall–Kier alpha value is -4.07. The molecule has 59 heavy (non-hydrogen) atoms. The van der Waals surface area contributed by atoms with Crippen molar-refractivity contribution in [2.75, 3.05) is 5.33 Å². The number of pyridine rings is 2. The van der Waals surface area contributed by atoms with Gasteiger partial charge in [-0.1, -0.05) is 72.0 Å². The first kappa shape index (κ1) is 47.6. The molecule has 24 heteroatoms. The van der Waals surface area contributed by atoms with Crippen molar-refractivity contribution in [3.05, 3.63) is 123 Å². The number of ketones is 1. The highest BCUT2D eigenvalue weighted by atomic mass is 79.9. The minimum absolute atomic E-state index is 0. The van der Waals surface area contributed by atoms with Crippen molar-refractivity contribution >= 4 is 124 Å². The number of benzene rings is 2. The molecule has 0 radical (unpaired) electrons. The standard InChI is InChI=1S/C17H9BrF3N3O2S2.C14H10BrN3O2S2.C3H2BrF3O.CH4/c18-10-6-12-13(16-23-14(9-27-16)17(19,20)21)8-24(15(12)22-7-10)28(25,26)11-4-2-1-3-5-11;15-9-6-11-12(13(16)21)8-18(14(11)17-7-9)22(19,20)10-4-2-1-3-5-10;4-1-2(8)3(5,6)7;/h1-9H;1-8H,(H2,16,21);1H2;1H4. The van der Waals surface area contributed by atoms with Crippen LogP contribution >= 0.6 is 71.3 Å². The van der Waals surface area contributed by atoms with Gasteiger partial charge in [-0.2, -0.15) is 26.3 Å². The average molecular weight is 1090 g/mol. The SMILES string of the molecule is C.NC(=S)c1cn(S(=O)(=O)c2ccccc2)c2ncc(Br)cc12.O=C(CBr)C(F)(F)F.O=S(=O)(c1ccccc1)n1cc(-c2nc(C(F)(F)F)cs2)c2cc(Br)cnc21. The van der Waals surface area contributed by atoms with Crippen LogP contribution in [0, 0.1) is 0 Å². The van der Waals surface area contributed by atoms with Gasteiger partial charge in [0.15, 0.2) is 17.0 Å². The molecule has 312 valence electrons. The van der Waals surface area contributed by atoms with E-state index >= 15 is 0 Å². The van der Waals surface area contributed by atoms with Crippen molar-refractivity contribution in [3.8, 4) is 10.6 Å². The zero-order chi connectivity index (χ0) is 42.8. The molecule has 7 aromatic rings. The van der Waals surface area contributed by atoms with Gasteiger partial charge in [-0.05, 0) is 68.3 Å². The van der Waals surface area contributed by atoms with E-state index in [0.29, 0.717) is 25.3 Å². The number of hydrogen-bond acceptors (Lipinski definition) is 10. The third-order valence-corrected chi connectivity index (χ3v) is 13.3. The molecule has 0 spiro atoms. The number of nitrogens with two attached hydrogens (primary N) is 1. The first-order valence-corrected chi connectivity index (χ1v) is 22.4. The van der Waals surface area contributed by atoms with Gasteiger partial charge in [0, 0.05) is 61.0 Å². The highest BCUT2D eigenvalue weighted by Gasteiger charge is 2.37. The summed E-state index contributed by atoms with van der Waals surface area (Å²) in [5.41, 5.74) is 5.79. The number of thiocarbonyl (C=S) groups is 1. The van der Waals surface area contributed by atoms with Crippen LogP contribution in [0.4, 0.5) is 26.3 Å². The van der Waals surface area contributed by atoms with Gasteiger partial charge in [-0.3, -0.25) is 4.79 Å². The summed E-state index contributed by atoms with van der Waals surface area (Å²) >= 11 is 14.8. The molecule has 0 amide bonds. The lowest BCUT2D eigenvalue weighted by atomic mass is 10.2. The second-order valence-corrected chi connectivity index (χ2v) is 18.6. The second kappa shape index (κ2) is 18.7. The molecule has 0 aliphatic heterocycles. The van der Waals surface area contributed by atoms with Crippen molar-refractivity contribution in [1.29, 1.82) is 0 Å². The minimum atomic E-state index is -4.68. The third kappa shape index (κ3) is 10.6. The number of fused-ring (bicyclic) bond motifs is 2. The van der Waals surface area contributed by atoms with Gasteiger partial charge in [0.1, 0.15) is 10.00 Å². The monoisotopic (exact) mass is 1090 g/mol. The molecule has 0 fully saturated rings. The number of hydrogen-bond donors (Lipinski definition) is 1. The van der Waals surface area contributed by atoms with Gasteiger partial charge in [-0.15, -0.1) is 11.3 Å². The van der Waals surface area contributed by atoms with Crippen LogP contribution in [0.3, 0.4) is 0 Å². The fraction of sp³-hybridized carbons (Fsp3) is 0.114. The number of carbonyl (C=O) groups excluding carboxylic acids is 1. The van der Waals surface area contributed by atoms with Crippen molar-refractivity contribution < 1.29 is 48.0 Å². The summed E-state index contributed by atoms with van der Waals surface area (Å²) in [6.07, 6.45) is -3.64. The molecular formula is C35H25Br3F6N6O5S4. The first-order chi connectivity index (χ1) is 27.1. The highest BCUT2D eigenvalue weighted by Crippen LogP contribution is 2.38. The minimum Gasteiger partial charge on any atom is -0.389 e. The van der Waals surface area contributed by atoms with Crippen LogP contribution in [0.2, 0.25) is 0 Å². The summed E-state index contributed by atoms with van der Waals surface area (Å²) in [5.74, 6) is -1.75. The fourth-order valence-electron chi connectivity index (χ4n) is 4.86. The van der Waals surface area contributed by atoms with E-state index in [1.165, 1.54) is 49.1 Å². The maximum atomic E-state index is 13.1. The topological polar surface area (TPSA) is 160 Å². The smallest absolute Gasteiger partial charge is 0.389 e. The van der Waals surface area contributed by atoms with Gasteiger partial charge >= 0.3 is 12.4 Å². The Bertz CT molecular complexity index is 2870. The molecule has 0 saturated heterocycles. The molecule has 0 aliphatic rings. The van der Waals surface area contributed by atoms with E-state index in [4.69, 9.17) is 18.0 Å². The number of alkyl halides is 7. The van der Waals surface area contributed by atoms with Crippen molar-refractivity contribution in [2.24, 2.45) is 5.73 Å². The van der Waals surface area contributed by atoms with Crippen LogP contribution in [-0.4, -0.2) is 62.0 Å². The lowest BCUT2D eigenvalue weighted by Crippen LogP contribution is -2.23. The van der Waals surface area contributed by atoms with Crippen molar-refractivity contribution in [2.45, 2.75) is 29.6 Å². The lowest BCUT2D eigenvalue weighted by Gasteiger charge is -2.06. The Balaban J connectivity index is 0.000000221. The Morgan fingerprint density at radius 3 is 1.64 bits per heavy atom. The Kier molecular flexibility index (Phi) is 15.1. The Morgan fingerprint density at radius 1 is 0.780 bits per heavy atom. The summed E-state index contributed by atoms with van der Waals surface area (Å²) in [5, 5.41) is 1.25. The maximum Gasteiger partial charge on any atom is 0.450 e.